The number of fused-ring (bicyclic) bond motifs is 1. The van der Waals surface area contributed by atoms with Crippen molar-refractivity contribution in [3.63, 3.8) is 0 Å². The highest BCUT2D eigenvalue weighted by Gasteiger charge is 2.34. The Morgan fingerprint density at radius 1 is 1.29 bits per heavy atom. The predicted molar refractivity (Wildman–Crippen MR) is 110 cm³/mol. The second-order valence-corrected chi connectivity index (χ2v) is 10.2. The first-order valence-corrected chi connectivity index (χ1v) is 10.4. The Labute approximate surface area is 168 Å². The highest BCUT2D eigenvalue weighted by atomic mass is 32.2. The van der Waals surface area contributed by atoms with E-state index in [1.165, 1.54) is 5.06 Å². The van der Waals surface area contributed by atoms with Crippen LogP contribution in [0.5, 0.6) is 0 Å². The van der Waals surface area contributed by atoms with Crippen LogP contribution in [0.3, 0.4) is 0 Å². The van der Waals surface area contributed by atoms with E-state index < -0.39 is 15.8 Å². The lowest BCUT2D eigenvalue weighted by Gasteiger charge is -2.33. The fourth-order valence-electron chi connectivity index (χ4n) is 3.72. The Balaban J connectivity index is 1.80. The Morgan fingerprint density at radius 3 is 2.75 bits per heavy atom. The largest absolute Gasteiger partial charge is 0.324 e. The lowest BCUT2D eigenvalue weighted by Crippen LogP contribution is -2.35. The number of hydroxylamine groups is 2. The molecule has 8 heteroatoms. The molecule has 2 heterocycles. The molecule has 1 unspecified atom stereocenters. The van der Waals surface area contributed by atoms with Crippen LogP contribution in [0.15, 0.2) is 30.5 Å². The van der Waals surface area contributed by atoms with Gasteiger partial charge in [-0.05, 0) is 55.4 Å². The molecule has 0 spiro atoms. The third-order valence-electron chi connectivity index (χ3n) is 5.17. The molecule has 3 rings (SSSR count). The average Bonchev–Trinajstić information content (AvgIpc) is 2.60. The number of rotatable bonds is 6. The molecule has 3 N–H and O–H groups in total. The third kappa shape index (κ3) is 4.75. The Kier molecular flexibility index (Phi) is 5.86. The summed E-state index contributed by atoms with van der Waals surface area (Å²) in [5.74, 6) is 0.487. The average molecular weight is 405 g/mol. The molecule has 0 bridgehead atoms. The van der Waals surface area contributed by atoms with E-state index in [-0.39, 0.29) is 5.41 Å². The second-order valence-electron chi connectivity index (χ2n) is 8.58. The van der Waals surface area contributed by atoms with E-state index in [9.17, 15) is 14.0 Å². The summed E-state index contributed by atoms with van der Waals surface area (Å²) in [7, 11) is 0. The van der Waals surface area contributed by atoms with Gasteiger partial charge in [-0.2, -0.15) is 5.06 Å². The van der Waals surface area contributed by atoms with E-state index in [2.05, 4.69) is 29.1 Å². The van der Waals surface area contributed by atoms with Crippen LogP contribution in [0, 0.1) is 0 Å². The number of benzene rings is 1. The Morgan fingerprint density at radius 2 is 2.04 bits per heavy atom. The van der Waals surface area contributed by atoms with Gasteiger partial charge in [0.05, 0.1) is 17.0 Å². The quantitative estimate of drug-likeness (QED) is 0.632. The van der Waals surface area contributed by atoms with Crippen molar-refractivity contribution in [2.75, 3.05) is 11.9 Å². The molecule has 1 aliphatic rings. The molecule has 152 valence electrons. The van der Waals surface area contributed by atoms with Gasteiger partial charge in [0.25, 0.3) is 0 Å². The lowest BCUT2D eigenvalue weighted by molar-refractivity contribution is -0.104. The Hall–Kier alpha value is -1.87. The third-order valence-corrected chi connectivity index (χ3v) is 6.26. The Bertz CT molecular complexity index is 886. The highest BCUT2D eigenvalue weighted by molar-refractivity contribution is 7.80. The summed E-state index contributed by atoms with van der Waals surface area (Å²) in [5, 5.41) is 14.2. The van der Waals surface area contributed by atoms with E-state index in [0.29, 0.717) is 25.5 Å². The van der Waals surface area contributed by atoms with Crippen LogP contribution in [-0.2, 0) is 29.5 Å². The van der Waals surface area contributed by atoms with Crippen LogP contribution in [0.25, 0.3) is 0 Å². The number of aromatic nitrogens is 2. The van der Waals surface area contributed by atoms with Crippen LogP contribution < -0.4 is 5.32 Å². The molecule has 0 fully saturated rings. The van der Waals surface area contributed by atoms with Gasteiger partial charge in [-0.1, -0.05) is 26.0 Å². The molecule has 7 nitrogen and oxygen atoms in total. The highest BCUT2D eigenvalue weighted by Crippen LogP contribution is 2.35. The summed E-state index contributed by atoms with van der Waals surface area (Å²) in [6.07, 6.45) is 3.11. The van der Waals surface area contributed by atoms with Gasteiger partial charge in [-0.25, -0.2) is 14.2 Å². The van der Waals surface area contributed by atoms with Gasteiger partial charge < -0.3 is 15.1 Å². The van der Waals surface area contributed by atoms with Crippen molar-refractivity contribution < 1.29 is 14.0 Å². The van der Waals surface area contributed by atoms with Crippen molar-refractivity contribution in [2.24, 2.45) is 0 Å². The first kappa shape index (κ1) is 20.9. The molecular formula is C20H28N4O3S. The SMILES string of the molecule is CC(C)(CC(C)(C)S(=O)O)c1cccc(Nc2ncc3c(n2)CN(O)CC3)c1. The normalized spacial score (nSPS) is 16.5. The molecule has 1 aromatic heterocycles. The molecule has 0 saturated carbocycles. The van der Waals surface area contributed by atoms with Crippen molar-refractivity contribution >= 4 is 22.7 Å². The van der Waals surface area contributed by atoms with E-state index in [1.807, 2.05) is 30.5 Å². The minimum absolute atomic E-state index is 0.284. The van der Waals surface area contributed by atoms with Crippen molar-refractivity contribution in [1.82, 2.24) is 15.0 Å². The second kappa shape index (κ2) is 7.87. The first-order valence-electron chi connectivity index (χ1n) is 9.34. The summed E-state index contributed by atoms with van der Waals surface area (Å²) in [5.41, 5.74) is 3.52. The number of nitrogens with one attached hydrogen (secondary N) is 1. The fraction of sp³-hybridized carbons (Fsp3) is 0.500. The van der Waals surface area contributed by atoms with Gasteiger partial charge in [-0.15, -0.1) is 0 Å². The standard InChI is InChI=1S/C20H28N4O3S/c1-19(2,13-20(3,4)28(26)27)15-6-5-7-16(10-15)22-18-21-11-14-8-9-24(25)12-17(14)23-18/h5-7,10-11,25H,8-9,12-13H2,1-4H3,(H,26,27)(H,21,22,23). The maximum Gasteiger partial charge on any atom is 0.227 e. The maximum absolute atomic E-state index is 11.6. The summed E-state index contributed by atoms with van der Waals surface area (Å²) < 4.78 is 20.5. The van der Waals surface area contributed by atoms with Gasteiger partial charge >= 0.3 is 0 Å². The lowest BCUT2D eigenvalue weighted by atomic mass is 9.77. The van der Waals surface area contributed by atoms with Crippen molar-refractivity contribution in [3.8, 4) is 0 Å². The van der Waals surface area contributed by atoms with Gasteiger partial charge in [-0.3, -0.25) is 0 Å². The van der Waals surface area contributed by atoms with Gasteiger partial charge in [0.2, 0.25) is 5.95 Å². The molecule has 28 heavy (non-hydrogen) atoms. The molecule has 1 atom stereocenters. The summed E-state index contributed by atoms with van der Waals surface area (Å²) >= 11 is -1.90. The van der Waals surface area contributed by atoms with Crippen LogP contribution in [0.4, 0.5) is 11.6 Å². The predicted octanol–water partition coefficient (Wildman–Crippen LogP) is 3.64. The van der Waals surface area contributed by atoms with E-state index in [4.69, 9.17) is 0 Å². The van der Waals surface area contributed by atoms with Gasteiger partial charge in [0.15, 0.2) is 11.1 Å². The molecule has 1 aliphatic heterocycles. The fourth-order valence-corrected chi connectivity index (χ4v) is 4.21. The zero-order valence-corrected chi connectivity index (χ0v) is 17.6. The van der Waals surface area contributed by atoms with E-state index in [0.717, 1.165) is 28.9 Å². The topological polar surface area (TPSA) is 98.6 Å². The molecule has 1 aromatic carbocycles. The molecule has 0 aliphatic carbocycles. The molecular weight excluding hydrogens is 376 g/mol. The summed E-state index contributed by atoms with van der Waals surface area (Å²) in [6.45, 7) is 8.75. The van der Waals surface area contributed by atoms with Crippen molar-refractivity contribution in [1.29, 1.82) is 0 Å². The number of anilines is 2. The van der Waals surface area contributed by atoms with Gasteiger partial charge in [0, 0.05) is 18.4 Å². The zero-order valence-electron chi connectivity index (χ0n) is 16.8. The molecule has 0 saturated heterocycles. The van der Waals surface area contributed by atoms with E-state index in [1.54, 1.807) is 13.8 Å². The minimum atomic E-state index is -1.90. The summed E-state index contributed by atoms with van der Waals surface area (Å²) in [4.78, 5) is 8.93. The van der Waals surface area contributed by atoms with Crippen LogP contribution in [-0.4, -0.2) is 40.3 Å². The maximum atomic E-state index is 11.6. The number of nitrogens with zero attached hydrogens (tertiary/aromatic N) is 3. The molecule has 0 amide bonds. The smallest absolute Gasteiger partial charge is 0.227 e. The number of hydrogen-bond acceptors (Lipinski definition) is 6. The van der Waals surface area contributed by atoms with Crippen molar-refractivity contribution in [3.05, 3.63) is 47.3 Å². The number of hydrogen-bond donors (Lipinski definition) is 3. The molecule has 0 radical (unpaired) electrons. The van der Waals surface area contributed by atoms with Gasteiger partial charge in [0.1, 0.15) is 0 Å². The van der Waals surface area contributed by atoms with Crippen molar-refractivity contribution in [2.45, 2.75) is 57.2 Å². The first-order chi connectivity index (χ1) is 13.1. The minimum Gasteiger partial charge on any atom is -0.324 e. The zero-order chi connectivity index (χ0) is 20.5. The van der Waals surface area contributed by atoms with Crippen LogP contribution in [0.2, 0.25) is 0 Å². The summed E-state index contributed by atoms with van der Waals surface area (Å²) in [6, 6.07) is 7.95. The van der Waals surface area contributed by atoms with E-state index >= 15 is 0 Å². The molecule has 2 aromatic rings. The van der Waals surface area contributed by atoms with Crippen LogP contribution in [0.1, 0.15) is 50.9 Å². The monoisotopic (exact) mass is 404 g/mol. The van der Waals surface area contributed by atoms with Crippen LogP contribution >= 0.6 is 0 Å².